The van der Waals surface area contributed by atoms with E-state index in [4.69, 9.17) is 11.6 Å². The normalized spacial score (nSPS) is 13.0. The molecule has 4 nitrogen and oxygen atoms in total. The molecule has 1 rings (SSSR count). The molecule has 0 aliphatic heterocycles. The third-order valence-corrected chi connectivity index (χ3v) is 2.83. The fourth-order valence-electron chi connectivity index (χ4n) is 1.47. The molecular formula is C10H19ClN4. The number of hydrogen-bond donors (Lipinski definition) is 1. The quantitative estimate of drug-likeness (QED) is 0.723. The number of aromatic nitrogens is 3. The van der Waals surface area contributed by atoms with Crippen molar-refractivity contribution >= 4 is 11.6 Å². The summed E-state index contributed by atoms with van der Waals surface area (Å²) < 4.78 is 1.79. The van der Waals surface area contributed by atoms with Gasteiger partial charge in [0.2, 0.25) is 0 Å². The molecule has 15 heavy (non-hydrogen) atoms. The Kier molecular flexibility index (Phi) is 5.65. The van der Waals surface area contributed by atoms with E-state index in [9.17, 15) is 0 Å². The predicted molar refractivity (Wildman–Crippen MR) is 61.8 cm³/mol. The van der Waals surface area contributed by atoms with Gasteiger partial charge in [0.1, 0.15) is 12.2 Å². The molecule has 1 atom stereocenters. The van der Waals surface area contributed by atoms with Crippen LogP contribution in [0.25, 0.3) is 0 Å². The average molecular weight is 231 g/mol. The van der Waals surface area contributed by atoms with E-state index in [0.29, 0.717) is 5.92 Å². The molecule has 86 valence electrons. The summed E-state index contributed by atoms with van der Waals surface area (Å²) in [5.74, 6) is 2.37. The number of halogens is 1. The van der Waals surface area contributed by atoms with Crippen LogP contribution in [0.1, 0.15) is 25.6 Å². The highest BCUT2D eigenvalue weighted by Gasteiger charge is 2.06. The van der Waals surface area contributed by atoms with Crippen molar-refractivity contribution < 1.29 is 0 Å². The van der Waals surface area contributed by atoms with Crippen molar-refractivity contribution in [1.82, 2.24) is 20.1 Å². The van der Waals surface area contributed by atoms with E-state index >= 15 is 0 Å². The summed E-state index contributed by atoms with van der Waals surface area (Å²) in [6, 6.07) is 0. The lowest BCUT2D eigenvalue weighted by atomic mass is 10.0. The maximum atomic E-state index is 5.72. The topological polar surface area (TPSA) is 42.7 Å². The molecule has 1 aromatic heterocycles. The lowest BCUT2D eigenvalue weighted by molar-refractivity contribution is 0.444. The lowest BCUT2D eigenvalue weighted by Gasteiger charge is -2.13. The van der Waals surface area contributed by atoms with Gasteiger partial charge in [0.05, 0.1) is 6.54 Å². The van der Waals surface area contributed by atoms with Crippen molar-refractivity contribution in [3.8, 4) is 0 Å². The molecule has 0 aliphatic carbocycles. The van der Waals surface area contributed by atoms with Crippen molar-refractivity contribution in [2.75, 3.05) is 12.4 Å². The summed E-state index contributed by atoms with van der Waals surface area (Å²) in [5, 5.41) is 7.40. The fraction of sp³-hybridized carbons (Fsp3) is 0.800. The zero-order valence-corrected chi connectivity index (χ0v) is 10.2. The zero-order valence-electron chi connectivity index (χ0n) is 9.41. The SMILES string of the molecule is CCC(CCCl)CNCc1ncnn1C. The van der Waals surface area contributed by atoms with Crippen molar-refractivity contribution in [2.45, 2.75) is 26.3 Å². The minimum absolute atomic E-state index is 0.663. The number of rotatable bonds is 7. The van der Waals surface area contributed by atoms with E-state index < -0.39 is 0 Å². The van der Waals surface area contributed by atoms with Gasteiger partial charge in [-0.1, -0.05) is 13.3 Å². The molecule has 1 unspecified atom stereocenters. The van der Waals surface area contributed by atoms with E-state index in [2.05, 4.69) is 22.3 Å². The van der Waals surface area contributed by atoms with Gasteiger partial charge in [-0.05, 0) is 18.9 Å². The van der Waals surface area contributed by atoms with Gasteiger partial charge in [-0.2, -0.15) is 5.10 Å². The van der Waals surface area contributed by atoms with Crippen LogP contribution in [0.15, 0.2) is 6.33 Å². The largest absolute Gasteiger partial charge is 0.310 e. The van der Waals surface area contributed by atoms with Crippen molar-refractivity contribution in [1.29, 1.82) is 0 Å². The molecule has 0 aromatic carbocycles. The summed E-state index contributed by atoms with van der Waals surface area (Å²) in [4.78, 5) is 4.15. The van der Waals surface area contributed by atoms with Crippen LogP contribution in [0, 0.1) is 5.92 Å². The molecular weight excluding hydrogens is 212 g/mol. The summed E-state index contributed by atoms with van der Waals surface area (Å²) >= 11 is 5.72. The van der Waals surface area contributed by atoms with Crippen LogP contribution < -0.4 is 5.32 Å². The molecule has 5 heteroatoms. The molecule has 0 amide bonds. The number of alkyl halides is 1. The summed E-state index contributed by atoms with van der Waals surface area (Å²) in [7, 11) is 1.90. The Labute approximate surface area is 96.0 Å². The van der Waals surface area contributed by atoms with Crippen LogP contribution in [0.5, 0.6) is 0 Å². The number of hydrogen-bond acceptors (Lipinski definition) is 3. The van der Waals surface area contributed by atoms with Crippen LogP contribution in [-0.4, -0.2) is 27.2 Å². The van der Waals surface area contributed by atoms with Gasteiger partial charge in [0, 0.05) is 12.9 Å². The molecule has 0 spiro atoms. The summed E-state index contributed by atoms with van der Waals surface area (Å²) in [6.07, 6.45) is 3.81. The highest BCUT2D eigenvalue weighted by Crippen LogP contribution is 2.07. The Bertz CT molecular complexity index is 274. The molecule has 0 bridgehead atoms. The Hall–Kier alpha value is -0.610. The smallest absolute Gasteiger partial charge is 0.140 e. The van der Waals surface area contributed by atoms with Gasteiger partial charge in [-0.25, -0.2) is 4.98 Å². The Morgan fingerprint density at radius 3 is 2.93 bits per heavy atom. The number of aryl methyl sites for hydroxylation is 1. The highest BCUT2D eigenvalue weighted by molar-refractivity contribution is 6.17. The first-order chi connectivity index (χ1) is 7.27. The first-order valence-electron chi connectivity index (χ1n) is 5.37. The van der Waals surface area contributed by atoms with Crippen molar-refractivity contribution in [3.63, 3.8) is 0 Å². The lowest BCUT2D eigenvalue weighted by Crippen LogP contribution is -2.24. The van der Waals surface area contributed by atoms with Gasteiger partial charge in [0.25, 0.3) is 0 Å². The Morgan fingerprint density at radius 1 is 1.60 bits per heavy atom. The van der Waals surface area contributed by atoms with Gasteiger partial charge < -0.3 is 5.32 Å². The Balaban J connectivity index is 2.23. The Morgan fingerprint density at radius 2 is 2.40 bits per heavy atom. The third-order valence-electron chi connectivity index (χ3n) is 2.62. The van der Waals surface area contributed by atoms with Gasteiger partial charge in [-0.3, -0.25) is 4.68 Å². The minimum atomic E-state index is 0.663. The first-order valence-corrected chi connectivity index (χ1v) is 5.91. The third kappa shape index (κ3) is 4.18. The number of nitrogens with zero attached hydrogens (tertiary/aromatic N) is 3. The van der Waals surface area contributed by atoms with E-state index in [1.807, 2.05) is 7.05 Å². The van der Waals surface area contributed by atoms with Crippen LogP contribution in [0.4, 0.5) is 0 Å². The zero-order chi connectivity index (χ0) is 11.1. The van der Waals surface area contributed by atoms with Gasteiger partial charge in [-0.15, -0.1) is 11.6 Å². The van der Waals surface area contributed by atoms with E-state index in [1.165, 1.54) is 6.42 Å². The molecule has 0 fully saturated rings. The molecule has 0 saturated carbocycles. The van der Waals surface area contributed by atoms with E-state index in [-0.39, 0.29) is 0 Å². The molecule has 1 N–H and O–H groups in total. The molecule has 0 aliphatic rings. The second-order valence-corrected chi connectivity index (χ2v) is 4.06. The van der Waals surface area contributed by atoms with Crippen LogP contribution in [-0.2, 0) is 13.6 Å². The average Bonchev–Trinajstić information content (AvgIpc) is 2.63. The summed E-state index contributed by atoms with van der Waals surface area (Å²) in [6.45, 7) is 3.96. The van der Waals surface area contributed by atoms with E-state index in [0.717, 1.165) is 31.2 Å². The number of nitrogens with one attached hydrogen (secondary N) is 1. The van der Waals surface area contributed by atoms with E-state index in [1.54, 1.807) is 11.0 Å². The summed E-state index contributed by atoms with van der Waals surface area (Å²) in [5.41, 5.74) is 0. The molecule has 1 aromatic rings. The monoisotopic (exact) mass is 230 g/mol. The van der Waals surface area contributed by atoms with Gasteiger partial charge in [0.15, 0.2) is 0 Å². The van der Waals surface area contributed by atoms with Crippen molar-refractivity contribution in [2.24, 2.45) is 13.0 Å². The minimum Gasteiger partial charge on any atom is -0.310 e. The first kappa shape index (κ1) is 12.5. The fourth-order valence-corrected chi connectivity index (χ4v) is 1.78. The molecule has 1 heterocycles. The highest BCUT2D eigenvalue weighted by atomic mass is 35.5. The van der Waals surface area contributed by atoms with Crippen LogP contribution in [0.3, 0.4) is 0 Å². The standard InChI is InChI=1S/C10H19ClN4/c1-3-9(4-5-11)6-12-7-10-13-8-14-15(10)2/h8-9,12H,3-7H2,1-2H3. The second-order valence-electron chi connectivity index (χ2n) is 3.68. The molecule has 0 saturated heterocycles. The predicted octanol–water partition coefficient (Wildman–Crippen LogP) is 1.56. The van der Waals surface area contributed by atoms with Crippen LogP contribution in [0.2, 0.25) is 0 Å². The van der Waals surface area contributed by atoms with Gasteiger partial charge >= 0.3 is 0 Å². The molecule has 0 radical (unpaired) electrons. The maximum absolute atomic E-state index is 5.72. The van der Waals surface area contributed by atoms with Crippen LogP contribution >= 0.6 is 11.6 Å². The maximum Gasteiger partial charge on any atom is 0.140 e. The van der Waals surface area contributed by atoms with Crippen molar-refractivity contribution in [3.05, 3.63) is 12.2 Å². The second kappa shape index (κ2) is 6.80.